The Bertz CT molecular complexity index is 1060. The molecular formula is C24H29FN2O4S2. The number of halogens is 1. The molecule has 2 aromatic rings. The van der Waals surface area contributed by atoms with E-state index < -0.39 is 10.0 Å². The van der Waals surface area contributed by atoms with Gasteiger partial charge in [-0.05, 0) is 55.3 Å². The highest BCUT2D eigenvalue weighted by Crippen LogP contribution is 2.33. The van der Waals surface area contributed by atoms with Crippen LogP contribution in [0.25, 0.3) is 0 Å². The molecule has 1 saturated carbocycles. The molecule has 9 heteroatoms. The number of amides is 1. The Balaban J connectivity index is 1.65. The van der Waals surface area contributed by atoms with Crippen molar-refractivity contribution >= 4 is 27.7 Å². The van der Waals surface area contributed by atoms with Crippen LogP contribution in [0.3, 0.4) is 0 Å². The van der Waals surface area contributed by atoms with Crippen molar-refractivity contribution in [2.24, 2.45) is 0 Å². The minimum absolute atomic E-state index is 0.0863. The van der Waals surface area contributed by atoms with Gasteiger partial charge >= 0.3 is 0 Å². The van der Waals surface area contributed by atoms with E-state index >= 15 is 0 Å². The summed E-state index contributed by atoms with van der Waals surface area (Å²) in [7, 11) is -3.74. The first-order valence-electron chi connectivity index (χ1n) is 11.4. The monoisotopic (exact) mass is 492 g/mol. The van der Waals surface area contributed by atoms with Gasteiger partial charge in [0.1, 0.15) is 5.82 Å². The summed E-state index contributed by atoms with van der Waals surface area (Å²) >= 11 is 1.32. The first kappa shape index (κ1) is 24.2. The molecule has 0 aromatic heterocycles. The van der Waals surface area contributed by atoms with Crippen molar-refractivity contribution in [3.63, 3.8) is 0 Å². The van der Waals surface area contributed by atoms with E-state index in [0.717, 1.165) is 30.6 Å². The van der Waals surface area contributed by atoms with Crippen LogP contribution in [0.2, 0.25) is 0 Å². The fourth-order valence-corrected chi connectivity index (χ4v) is 6.55. The Morgan fingerprint density at radius 3 is 2.33 bits per heavy atom. The molecule has 1 saturated heterocycles. The zero-order chi connectivity index (χ0) is 23.3. The van der Waals surface area contributed by atoms with Crippen LogP contribution in [-0.4, -0.2) is 51.0 Å². The van der Waals surface area contributed by atoms with Gasteiger partial charge in [0.05, 0.1) is 23.7 Å². The van der Waals surface area contributed by atoms with Crippen molar-refractivity contribution in [2.75, 3.05) is 26.3 Å². The number of morpholine rings is 1. The molecule has 6 nitrogen and oxygen atoms in total. The summed E-state index contributed by atoms with van der Waals surface area (Å²) in [6.45, 7) is 1.29. The predicted octanol–water partition coefficient (Wildman–Crippen LogP) is 4.45. The number of hydrogen-bond acceptors (Lipinski definition) is 5. The van der Waals surface area contributed by atoms with Crippen molar-refractivity contribution in [1.29, 1.82) is 0 Å². The number of carbonyl (C=O) groups excluding carboxylic acids is 1. The highest BCUT2D eigenvalue weighted by molar-refractivity contribution is 7.99. The molecule has 2 aliphatic rings. The van der Waals surface area contributed by atoms with Gasteiger partial charge in [-0.3, -0.25) is 4.79 Å². The first-order chi connectivity index (χ1) is 15.9. The highest BCUT2D eigenvalue weighted by atomic mass is 32.2. The molecule has 178 valence electrons. The average molecular weight is 493 g/mol. The van der Waals surface area contributed by atoms with Gasteiger partial charge in [-0.25, -0.2) is 12.8 Å². The maximum absolute atomic E-state index is 13.3. The van der Waals surface area contributed by atoms with E-state index in [1.165, 1.54) is 47.1 Å². The minimum atomic E-state index is -3.74. The van der Waals surface area contributed by atoms with Crippen molar-refractivity contribution in [3.8, 4) is 0 Å². The molecule has 1 N–H and O–H groups in total. The molecule has 0 spiro atoms. The number of hydrogen-bond donors (Lipinski definition) is 1. The van der Waals surface area contributed by atoms with Gasteiger partial charge in [-0.2, -0.15) is 4.31 Å². The molecule has 2 aromatic carbocycles. The molecule has 1 aliphatic heterocycles. The number of benzene rings is 2. The lowest BCUT2D eigenvalue weighted by molar-refractivity contribution is 0.0730. The van der Waals surface area contributed by atoms with Crippen molar-refractivity contribution in [1.82, 2.24) is 9.62 Å². The first-order valence-corrected chi connectivity index (χ1v) is 13.7. The normalized spacial score (nSPS) is 18.6. The molecule has 0 unspecified atom stereocenters. The van der Waals surface area contributed by atoms with Crippen molar-refractivity contribution in [2.45, 2.75) is 59.3 Å². The van der Waals surface area contributed by atoms with Crippen LogP contribution in [-0.2, 0) is 14.8 Å². The summed E-state index contributed by atoms with van der Waals surface area (Å²) in [6, 6.07) is 10.8. The summed E-state index contributed by atoms with van der Waals surface area (Å²) in [5.74, 6) is -0.608. The third-order valence-electron chi connectivity index (χ3n) is 6.04. The molecule has 0 bridgehead atoms. The largest absolute Gasteiger partial charge is 0.379 e. The fraction of sp³-hybridized carbons (Fsp3) is 0.458. The Morgan fingerprint density at radius 1 is 1.00 bits per heavy atom. The molecular weight excluding hydrogens is 463 g/mol. The topological polar surface area (TPSA) is 75.7 Å². The van der Waals surface area contributed by atoms with E-state index in [-0.39, 0.29) is 35.8 Å². The number of rotatable bonds is 6. The molecule has 1 amide bonds. The smallest absolute Gasteiger partial charge is 0.252 e. The van der Waals surface area contributed by atoms with Crippen molar-refractivity contribution in [3.05, 3.63) is 53.8 Å². The van der Waals surface area contributed by atoms with Crippen LogP contribution in [0, 0.1) is 5.82 Å². The fourth-order valence-electron chi connectivity index (χ4n) is 4.19. The second kappa shape index (κ2) is 11.0. The lowest BCUT2D eigenvalue weighted by Crippen LogP contribution is -2.40. The maximum Gasteiger partial charge on any atom is 0.252 e. The number of carbonyl (C=O) groups is 1. The lowest BCUT2D eigenvalue weighted by atomic mass is 10.1. The van der Waals surface area contributed by atoms with Gasteiger partial charge in [0.25, 0.3) is 5.91 Å². The van der Waals surface area contributed by atoms with Crippen LogP contribution in [0.15, 0.2) is 57.2 Å². The molecule has 1 aliphatic carbocycles. The van der Waals surface area contributed by atoms with Crippen LogP contribution in [0.4, 0.5) is 4.39 Å². The Kier molecular flexibility index (Phi) is 8.06. The summed E-state index contributed by atoms with van der Waals surface area (Å²) < 4.78 is 46.4. The summed E-state index contributed by atoms with van der Waals surface area (Å²) in [5, 5.41) is 3.13. The standard InChI is InChI=1S/C24H29FN2O4S2/c25-18-7-9-20(10-8-18)32-23-12-11-21(33(29,30)27-13-15-31-16-14-27)17-22(23)24(28)26-19-5-3-1-2-4-6-19/h7-12,17,19H,1-6,13-16H2,(H,26,28). The number of nitrogens with zero attached hydrogens (tertiary/aromatic N) is 1. The van der Waals surface area contributed by atoms with Crippen LogP contribution >= 0.6 is 11.8 Å². The molecule has 0 atom stereocenters. The third-order valence-corrected chi connectivity index (χ3v) is 9.01. The average Bonchev–Trinajstić information content (AvgIpc) is 3.10. The van der Waals surface area contributed by atoms with E-state index in [4.69, 9.17) is 4.74 Å². The summed E-state index contributed by atoms with van der Waals surface area (Å²) in [5.41, 5.74) is 0.322. The third kappa shape index (κ3) is 6.15. The number of sulfonamides is 1. The van der Waals surface area contributed by atoms with E-state index in [2.05, 4.69) is 5.32 Å². The van der Waals surface area contributed by atoms with Gasteiger partial charge in [-0.15, -0.1) is 0 Å². The Labute approximate surface area is 198 Å². The van der Waals surface area contributed by atoms with Gasteiger partial charge < -0.3 is 10.1 Å². The van der Waals surface area contributed by atoms with E-state index in [0.29, 0.717) is 23.7 Å². The number of ether oxygens (including phenoxy) is 1. The molecule has 1 heterocycles. The van der Waals surface area contributed by atoms with E-state index in [1.54, 1.807) is 24.3 Å². The maximum atomic E-state index is 13.3. The zero-order valence-electron chi connectivity index (χ0n) is 18.5. The number of nitrogens with one attached hydrogen (secondary N) is 1. The second-order valence-electron chi connectivity index (χ2n) is 8.39. The van der Waals surface area contributed by atoms with Gasteiger partial charge in [0, 0.05) is 28.9 Å². The Hall–Kier alpha value is -1.94. The highest BCUT2D eigenvalue weighted by Gasteiger charge is 2.28. The zero-order valence-corrected chi connectivity index (χ0v) is 20.1. The van der Waals surface area contributed by atoms with E-state index in [1.807, 2.05) is 0 Å². The van der Waals surface area contributed by atoms with Crippen LogP contribution < -0.4 is 5.32 Å². The molecule has 2 fully saturated rings. The van der Waals surface area contributed by atoms with Crippen LogP contribution in [0.5, 0.6) is 0 Å². The summed E-state index contributed by atoms with van der Waals surface area (Å²) in [4.78, 5) is 14.8. The lowest BCUT2D eigenvalue weighted by Gasteiger charge is -2.26. The predicted molar refractivity (Wildman–Crippen MR) is 125 cm³/mol. The molecule has 0 radical (unpaired) electrons. The minimum Gasteiger partial charge on any atom is -0.379 e. The van der Waals surface area contributed by atoms with Gasteiger partial charge in [0.2, 0.25) is 10.0 Å². The summed E-state index contributed by atoms with van der Waals surface area (Å²) in [6.07, 6.45) is 6.35. The quantitative estimate of drug-likeness (QED) is 0.603. The van der Waals surface area contributed by atoms with Gasteiger partial charge in [-0.1, -0.05) is 37.4 Å². The SMILES string of the molecule is O=C(NC1CCCCCC1)c1cc(S(=O)(=O)N2CCOCC2)ccc1Sc1ccc(F)cc1. The second-order valence-corrected chi connectivity index (χ2v) is 11.4. The van der Waals surface area contributed by atoms with Gasteiger partial charge in [0.15, 0.2) is 0 Å². The van der Waals surface area contributed by atoms with Crippen molar-refractivity contribution < 1.29 is 22.3 Å². The molecule has 33 heavy (non-hydrogen) atoms. The Morgan fingerprint density at radius 2 is 1.67 bits per heavy atom. The van der Waals surface area contributed by atoms with Crippen LogP contribution in [0.1, 0.15) is 48.9 Å². The molecule has 4 rings (SSSR count). The van der Waals surface area contributed by atoms with E-state index in [9.17, 15) is 17.6 Å².